The van der Waals surface area contributed by atoms with E-state index in [0.29, 0.717) is 12.8 Å². The van der Waals surface area contributed by atoms with Crippen molar-refractivity contribution >= 4 is 11.9 Å². The summed E-state index contributed by atoms with van der Waals surface area (Å²) in [5, 5.41) is 25.0. The van der Waals surface area contributed by atoms with Crippen LogP contribution in [0.25, 0.3) is 9.69 Å². The van der Waals surface area contributed by atoms with Crippen LogP contribution in [0, 0.1) is 13.1 Å². The average Bonchev–Trinajstić information content (AvgIpc) is 2.41. The van der Waals surface area contributed by atoms with E-state index in [1.54, 1.807) is 13.8 Å². The van der Waals surface area contributed by atoms with Gasteiger partial charge in [-0.2, -0.15) is 0 Å². The predicted molar refractivity (Wildman–Crippen MR) is 68.6 cm³/mol. The molecule has 0 amide bonds. The highest BCUT2D eigenvalue weighted by Gasteiger charge is 2.51. The Labute approximate surface area is 116 Å². The Kier molecular flexibility index (Phi) is 6.30. The third kappa shape index (κ3) is 3.51. The van der Waals surface area contributed by atoms with Gasteiger partial charge in [0.1, 0.15) is 0 Å². The summed E-state index contributed by atoms with van der Waals surface area (Å²) in [7, 11) is 0. The molecule has 2 unspecified atom stereocenters. The molecule has 0 radical (unpaired) electrons. The van der Waals surface area contributed by atoms with Crippen LogP contribution >= 0.6 is 0 Å². The molecule has 0 aliphatic heterocycles. The summed E-state index contributed by atoms with van der Waals surface area (Å²) in [6.45, 7) is 17.3. The number of aliphatic carboxylic acids is 2. The molecule has 2 N–H and O–H groups in total. The molecule has 0 saturated carbocycles. The Balaban J connectivity index is 5.71. The molecule has 0 aromatic heterocycles. The quantitative estimate of drug-likeness (QED) is 0.525. The summed E-state index contributed by atoms with van der Waals surface area (Å²) >= 11 is 0. The third-order valence-electron chi connectivity index (χ3n) is 2.63. The number of azo groups is 1. The van der Waals surface area contributed by atoms with Gasteiger partial charge in [-0.15, -0.1) is 0 Å². The van der Waals surface area contributed by atoms with Crippen molar-refractivity contribution in [2.75, 3.05) is 0 Å². The molecule has 108 valence electrons. The Morgan fingerprint density at radius 3 is 1.40 bits per heavy atom. The number of carbonyl (C=O) groups is 2. The van der Waals surface area contributed by atoms with Crippen molar-refractivity contribution in [2.24, 2.45) is 10.2 Å². The fourth-order valence-corrected chi connectivity index (χ4v) is 1.51. The van der Waals surface area contributed by atoms with Crippen LogP contribution in [-0.2, 0) is 9.59 Å². The van der Waals surface area contributed by atoms with E-state index in [4.69, 9.17) is 23.4 Å². The zero-order chi connectivity index (χ0) is 15.8. The van der Waals surface area contributed by atoms with E-state index >= 15 is 0 Å². The van der Waals surface area contributed by atoms with Crippen LogP contribution in [0.3, 0.4) is 0 Å². The van der Waals surface area contributed by atoms with Crippen molar-refractivity contribution in [3.63, 3.8) is 0 Å². The summed E-state index contributed by atoms with van der Waals surface area (Å²) < 4.78 is 0. The Bertz CT molecular complexity index is 447. The molecule has 8 nitrogen and oxygen atoms in total. The van der Waals surface area contributed by atoms with Crippen molar-refractivity contribution in [1.82, 2.24) is 0 Å². The summed E-state index contributed by atoms with van der Waals surface area (Å²) in [5.74, 6) is -3.00. The van der Waals surface area contributed by atoms with E-state index in [0.717, 1.165) is 0 Å². The SMILES string of the molecule is [C-]#[N+]C(CCC)(N=NC(CCC)([N+]#[C-])C(=O)O)C(=O)O. The van der Waals surface area contributed by atoms with E-state index in [2.05, 4.69) is 19.9 Å². The van der Waals surface area contributed by atoms with Gasteiger partial charge in [0.25, 0.3) is 0 Å². The summed E-state index contributed by atoms with van der Waals surface area (Å²) in [6, 6.07) is 0. The topological polar surface area (TPSA) is 108 Å². The highest BCUT2D eigenvalue weighted by Crippen LogP contribution is 2.27. The van der Waals surface area contributed by atoms with Crippen molar-refractivity contribution in [2.45, 2.75) is 50.9 Å². The molecule has 0 aromatic rings. The summed E-state index contributed by atoms with van der Waals surface area (Å²) in [5.41, 5.74) is -4.32. The molecule has 0 spiro atoms. The molecule has 8 heteroatoms. The van der Waals surface area contributed by atoms with Gasteiger partial charge < -0.3 is 10.2 Å². The third-order valence-corrected chi connectivity index (χ3v) is 2.63. The van der Waals surface area contributed by atoms with Gasteiger partial charge in [-0.25, -0.2) is 22.7 Å². The van der Waals surface area contributed by atoms with Gasteiger partial charge in [0, 0.05) is 0 Å². The Morgan fingerprint density at radius 2 is 1.25 bits per heavy atom. The van der Waals surface area contributed by atoms with Crippen molar-refractivity contribution in [3.05, 3.63) is 22.8 Å². The molecular weight excluding hydrogens is 264 g/mol. The van der Waals surface area contributed by atoms with E-state index in [1.807, 2.05) is 0 Å². The van der Waals surface area contributed by atoms with Crippen LogP contribution in [0.1, 0.15) is 39.5 Å². The highest BCUT2D eigenvalue weighted by atomic mass is 16.4. The first-order valence-corrected chi connectivity index (χ1v) is 6.02. The minimum atomic E-state index is -2.16. The lowest BCUT2D eigenvalue weighted by atomic mass is 10.1. The monoisotopic (exact) mass is 280 g/mol. The predicted octanol–water partition coefficient (Wildman–Crippen LogP) is 2.44. The number of hydrogen-bond acceptors (Lipinski definition) is 4. The number of carboxylic acid groups (broad SMARTS) is 2. The van der Waals surface area contributed by atoms with E-state index in [1.165, 1.54) is 0 Å². The van der Waals surface area contributed by atoms with Gasteiger partial charge in [0.15, 0.2) is 0 Å². The second-order valence-corrected chi connectivity index (χ2v) is 4.17. The van der Waals surface area contributed by atoms with Gasteiger partial charge in [-0.3, -0.25) is 9.69 Å². The zero-order valence-corrected chi connectivity index (χ0v) is 11.3. The van der Waals surface area contributed by atoms with Gasteiger partial charge in [-0.05, 0) is 12.8 Å². The first-order chi connectivity index (χ1) is 9.34. The summed E-state index contributed by atoms with van der Waals surface area (Å²) in [6.07, 6.45) is 0.517. The Morgan fingerprint density at radius 1 is 0.950 bits per heavy atom. The van der Waals surface area contributed by atoms with Crippen LogP contribution in [0.4, 0.5) is 0 Å². The zero-order valence-electron chi connectivity index (χ0n) is 11.3. The smallest absolute Gasteiger partial charge is 0.436 e. The summed E-state index contributed by atoms with van der Waals surface area (Å²) in [4.78, 5) is 28.3. The Hall–Kier alpha value is -2.48. The first kappa shape index (κ1) is 17.5. The molecule has 0 fully saturated rings. The normalized spacial score (nSPS) is 16.6. The molecular formula is C12H16N4O4. The molecule has 20 heavy (non-hydrogen) atoms. The molecule has 0 aliphatic carbocycles. The first-order valence-electron chi connectivity index (χ1n) is 6.02. The number of carboxylic acids is 2. The molecule has 0 heterocycles. The fraction of sp³-hybridized carbons (Fsp3) is 0.667. The number of rotatable bonds is 8. The van der Waals surface area contributed by atoms with Crippen LogP contribution in [0.5, 0.6) is 0 Å². The highest BCUT2D eigenvalue weighted by molar-refractivity contribution is 5.82. The second kappa shape index (κ2) is 7.19. The maximum Gasteiger partial charge on any atom is 0.436 e. The largest absolute Gasteiger partial charge is 0.474 e. The molecule has 2 atom stereocenters. The van der Waals surface area contributed by atoms with E-state index < -0.39 is 23.3 Å². The van der Waals surface area contributed by atoms with Gasteiger partial charge in [-0.1, -0.05) is 24.1 Å². The van der Waals surface area contributed by atoms with Gasteiger partial charge >= 0.3 is 23.3 Å². The van der Waals surface area contributed by atoms with Crippen LogP contribution < -0.4 is 0 Å². The molecule has 0 rings (SSSR count). The van der Waals surface area contributed by atoms with Crippen LogP contribution in [-0.4, -0.2) is 33.5 Å². The lowest BCUT2D eigenvalue weighted by Gasteiger charge is -2.13. The maximum atomic E-state index is 11.2. The van der Waals surface area contributed by atoms with E-state index in [9.17, 15) is 9.59 Å². The number of nitrogens with zero attached hydrogens (tertiary/aromatic N) is 4. The standard InChI is InChI=1S/C12H16N4O4/c1-5-7-11(13-3,9(17)18)15-16-12(14-4,8-6-2)10(19)20/h5-8H2,1-2H3,(H,17,18)(H,19,20). The molecule has 0 aromatic carbocycles. The minimum Gasteiger partial charge on any atom is -0.474 e. The van der Waals surface area contributed by atoms with Crippen LogP contribution in [0.2, 0.25) is 0 Å². The average molecular weight is 280 g/mol. The lowest BCUT2D eigenvalue weighted by Crippen LogP contribution is -2.36. The molecule has 0 aliphatic rings. The van der Waals surface area contributed by atoms with Crippen LogP contribution in [0.15, 0.2) is 10.2 Å². The van der Waals surface area contributed by atoms with Crippen molar-refractivity contribution in [1.29, 1.82) is 0 Å². The van der Waals surface area contributed by atoms with Gasteiger partial charge in [0.05, 0.1) is 12.8 Å². The maximum absolute atomic E-state index is 11.2. The van der Waals surface area contributed by atoms with Crippen molar-refractivity contribution < 1.29 is 19.8 Å². The van der Waals surface area contributed by atoms with E-state index in [-0.39, 0.29) is 12.8 Å². The fourth-order valence-electron chi connectivity index (χ4n) is 1.51. The van der Waals surface area contributed by atoms with Gasteiger partial charge in [0.2, 0.25) is 0 Å². The number of hydrogen-bond donors (Lipinski definition) is 2. The molecule has 0 bridgehead atoms. The van der Waals surface area contributed by atoms with Crippen molar-refractivity contribution in [3.8, 4) is 0 Å². The lowest BCUT2D eigenvalue weighted by molar-refractivity contribution is -0.144. The minimum absolute atomic E-state index is 0.102. The molecule has 0 saturated heterocycles. The second-order valence-electron chi connectivity index (χ2n) is 4.17.